The van der Waals surface area contributed by atoms with E-state index in [9.17, 15) is 0 Å². The van der Waals surface area contributed by atoms with Gasteiger partial charge in [0.2, 0.25) is 0 Å². The minimum Gasteiger partial charge on any atom is -0.373 e. The van der Waals surface area contributed by atoms with E-state index in [1.54, 1.807) is 0 Å². The fraction of sp³-hybridized carbons (Fsp3) is 0.375. The SMILES string of the molecule is CNC(C)c1ccc(N(C)CCc2cccs2)c(Br)c1. The Balaban J connectivity index is 2.04. The van der Waals surface area contributed by atoms with Gasteiger partial charge in [0.05, 0.1) is 5.69 Å². The summed E-state index contributed by atoms with van der Waals surface area (Å²) in [5.74, 6) is 0. The fourth-order valence-electron chi connectivity index (χ4n) is 2.12. The van der Waals surface area contributed by atoms with Crippen LogP contribution in [-0.4, -0.2) is 20.6 Å². The van der Waals surface area contributed by atoms with Crippen LogP contribution in [-0.2, 0) is 6.42 Å². The molecule has 2 aromatic rings. The molecule has 0 bridgehead atoms. The molecule has 1 atom stereocenters. The van der Waals surface area contributed by atoms with Crippen molar-refractivity contribution >= 4 is 33.0 Å². The lowest BCUT2D eigenvalue weighted by Crippen LogP contribution is -2.20. The number of nitrogens with zero attached hydrogens (tertiary/aromatic N) is 1. The van der Waals surface area contributed by atoms with Crippen LogP contribution in [0, 0.1) is 0 Å². The summed E-state index contributed by atoms with van der Waals surface area (Å²) in [5.41, 5.74) is 2.54. The van der Waals surface area contributed by atoms with Gasteiger partial charge in [-0.1, -0.05) is 12.1 Å². The molecule has 0 fully saturated rings. The van der Waals surface area contributed by atoms with Gasteiger partial charge in [-0.15, -0.1) is 11.3 Å². The molecular weight excluding hydrogens is 332 g/mol. The lowest BCUT2D eigenvalue weighted by Gasteiger charge is -2.22. The smallest absolute Gasteiger partial charge is 0.0508 e. The van der Waals surface area contributed by atoms with Crippen LogP contribution in [0.25, 0.3) is 0 Å². The molecule has 2 nitrogen and oxygen atoms in total. The molecule has 0 saturated carbocycles. The van der Waals surface area contributed by atoms with Gasteiger partial charge in [-0.2, -0.15) is 0 Å². The van der Waals surface area contributed by atoms with E-state index < -0.39 is 0 Å². The number of likely N-dealkylation sites (N-methyl/N-ethyl adjacent to an activating group) is 1. The standard InChI is InChI=1S/C16H21BrN2S/c1-12(18-2)13-6-7-16(15(17)11-13)19(3)9-8-14-5-4-10-20-14/h4-7,10-12,18H,8-9H2,1-3H3. The molecule has 108 valence electrons. The van der Waals surface area contributed by atoms with Crippen molar-refractivity contribution in [3.05, 3.63) is 50.6 Å². The van der Waals surface area contributed by atoms with Crippen molar-refractivity contribution in [1.82, 2.24) is 5.32 Å². The van der Waals surface area contributed by atoms with Crippen molar-refractivity contribution in [2.75, 3.05) is 25.5 Å². The number of thiophene rings is 1. The van der Waals surface area contributed by atoms with Gasteiger partial charge in [-0.05, 0) is 65.5 Å². The van der Waals surface area contributed by atoms with E-state index in [0.717, 1.165) is 17.4 Å². The fourth-order valence-corrected chi connectivity index (χ4v) is 3.52. The largest absolute Gasteiger partial charge is 0.373 e. The number of anilines is 1. The predicted octanol–water partition coefficient (Wildman–Crippen LogP) is 4.47. The third-order valence-electron chi connectivity index (χ3n) is 3.59. The molecule has 0 saturated heterocycles. The van der Waals surface area contributed by atoms with Crippen LogP contribution in [0.2, 0.25) is 0 Å². The van der Waals surface area contributed by atoms with Crippen LogP contribution >= 0.6 is 27.3 Å². The second kappa shape index (κ2) is 7.25. The molecule has 1 aromatic heterocycles. The van der Waals surface area contributed by atoms with Crippen LogP contribution < -0.4 is 10.2 Å². The van der Waals surface area contributed by atoms with E-state index in [2.05, 4.69) is 75.8 Å². The lowest BCUT2D eigenvalue weighted by molar-refractivity contribution is 0.652. The summed E-state index contributed by atoms with van der Waals surface area (Å²) < 4.78 is 1.16. The maximum absolute atomic E-state index is 3.70. The zero-order valence-electron chi connectivity index (χ0n) is 12.2. The number of benzene rings is 1. The summed E-state index contributed by atoms with van der Waals surface area (Å²) >= 11 is 5.52. The molecule has 0 amide bonds. The highest BCUT2D eigenvalue weighted by Gasteiger charge is 2.09. The molecule has 0 spiro atoms. The Bertz CT molecular complexity index is 539. The molecule has 1 aromatic carbocycles. The summed E-state index contributed by atoms with van der Waals surface area (Å²) in [7, 11) is 4.13. The van der Waals surface area contributed by atoms with E-state index in [-0.39, 0.29) is 0 Å². The van der Waals surface area contributed by atoms with Crippen LogP contribution in [0.4, 0.5) is 5.69 Å². The second-order valence-corrected chi connectivity index (χ2v) is 6.86. The first-order chi connectivity index (χ1) is 9.61. The second-order valence-electron chi connectivity index (χ2n) is 4.97. The Morgan fingerprint density at radius 2 is 2.15 bits per heavy atom. The molecule has 0 aliphatic rings. The molecule has 4 heteroatoms. The normalized spacial score (nSPS) is 12.4. The average Bonchev–Trinajstić information content (AvgIpc) is 2.97. The quantitative estimate of drug-likeness (QED) is 0.824. The average molecular weight is 353 g/mol. The Morgan fingerprint density at radius 3 is 2.75 bits per heavy atom. The Hall–Kier alpha value is -0.840. The Labute approximate surface area is 133 Å². The van der Waals surface area contributed by atoms with E-state index in [4.69, 9.17) is 0 Å². The molecule has 1 N–H and O–H groups in total. The number of rotatable bonds is 6. The van der Waals surface area contributed by atoms with Crippen molar-refractivity contribution < 1.29 is 0 Å². The number of nitrogens with one attached hydrogen (secondary N) is 1. The summed E-state index contributed by atoms with van der Waals surface area (Å²) in [6.45, 7) is 3.20. The van der Waals surface area contributed by atoms with E-state index in [1.165, 1.54) is 16.1 Å². The third-order valence-corrected chi connectivity index (χ3v) is 5.16. The lowest BCUT2D eigenvalue weighted by atomic mass is 10.1. The summed E-state index contributed by atoms with van der Waals surface area (Å²) in [6.07, 6.45) is 1.09. The molecule has 2 rings (SSSR count). The van der Waals surface area contributed by atoms with Crippen LogP contribution in [0.1, 0.15) is 23.4 Å². The molecule has 0 aliphatic carbocycles. The zero-order valence-corrected chi connectivity index (χ0v) is 14.6. The highest BCUT2D eigenvalue weighted by atomic mass is 79.9. The van der Waals surface area contributed by atoms with Gasteiger partial charge >= 0.3 is 0 Å². The van der Waals surface area contributed by atoms with Crippen LogP contribution in [0.5, 0.6) is 0 Å². The summed E-state index contributed by atoms with van der Waals surface area (Å²) in [4.78, 5) is 3.74. The predicted molar refractivity (Wildman–Crippen MR) is 92.9 cm³/mol. The molecule has 1 heterocycles. The number of halogens is 1. The van der Waals surface area contributed by atoms with Gasteiger partial charge in [0.15, 0.2) is 0 Å². The van der Waals surface area contributed by atoms with Gasteiger partial charge in [0.1, 0.15) is 0 Å². The maximum Gasteiger partial charge on any atom is 0.0508 e. The van der Waals surface area contributed by atoms with Gasteiger partial charge in [0, 0.05) is 29.0 Å². The van der Waals surface area contributed by atoms with Gasteiger partial charge in [-0.25, -0.2) is 0 Å². The Morgan fingerprint density at radius 1 is 1.35 bits per heavy atom. The molecule has 0 radical (unpaired) electrons. The summed E-state index contributed by atoms with van der Waals surface area (Å²) in [6, 6.07) is 11.3. The Kier molecular flexibility index (Phi) is 5.64. The zero-order chi connectivity index (χ0) is 14.5. The van der Waals surface area contributed by atoms with Crippen molar-refractivity contribution in [1.29, 1.82) is 0 Å². The topological polar surface area (TPSA) is 15.3 Å². The van der Waals surface area contributed by atoms with Crippen molar-refractivity contribution in [2.45, 2.75) is 19.4 Å². The highest BCUT2D eigenvalue weighted by Crippen LogP contribution is 2.29. The first kappa shape index (κ1) is 15.5. The van der Waals surface area contributed by atoms with Gasteiger partial charge < -0.3 is 10.2 Å². The first-order valence-electron chi connectivity index (χ1n) is 6.82. The highest BCUT2D eigenvalue weighted by molar-refractivity contribution is 9.10. The number of hydrogen-bond donors (Lipinski definition) is 1. The van der Waals surface area contributed by atoms with Crippen LogP contribution in [0.15, 0.2) is 40.2 Å². The van der Waals surface area contributed by atoms with Crippen molar-refractivity contribution in [3.63, 3.8) is 0 Å². The van der Waals surface area contributed by atoms with E-state index >= 15 is 0 Å². The molecule has 1 unspecified atom stereocenters. The molecular formula is C16H21BrN2S. The first-order valence-corrected chi connectivity index (χ1v) is 8.49. The summed E-state index contributed by atoms with van der Waals surface area (Å²) in [5, 5.41) is 5.41. The molecule has 20 heavy (non-hydrogen) atoms. The van der Waals surface area contributed by atoms with Gasteiger partial charge in [-0.3, -0.25) is 0 Å². The molecule has 0 aliphatic heterocycles. The monoisotopic (exact) mass is 352 g/mol. The van der Waals surface area contributed by atoms with Crippen LogP contribution in [0.3, 0.4) is 0 Å². The third kappa shape index (κ3) is 3.84. The van der Waals surface area contributed by atoms with Crippen molar-refractivity contribution in [2.24, 2.45) is 0 Å². The van der Waals surface area contributed by atoms with E-state index in [1.807, 2.05) is 18.4 Å². The maximum atomic E-state index is 3.70. The van der Waals surface area contributed by atoms with Crippen molar-refractivity contribution in [3.8, 4) is 0 Å². The van der Waals surface area contributed by atoms with Gasteiger partial charge in [0.25, 0.3) is 0 Å². The van der Waals surface area contributed by atoms with E-state index in [0.29, 0.717) is 6.04 Å². The minimum atomic E-state index is 0.372. The minimum absolute atomic E-state index is 0.372. The number of hydrogen-bond acceptors (Lipinski definition) is 3.